The zero-order chi connectivity index (χ0) is 21.0. The summed E-state index contributed by atoms with van der Waals surface area (Å²) < 4.78 is 13.7. The molecule has 0 atom stereocenters. The minimum absolute atomic E-state index is 0.796. The second-order valence-electron chi connectivity index (χ2n) is 7.09. The van der Waals surface area contributed by atoms with Crippen LogP contribution in [0.3, 0.4) is 0 Å². The Morgan fingerprint density at radius 2 is 1.69 bits per heavy atom. The number of fused-ring (bicyclic) bond motifs is 1. The number of rotatable bonds is 9. The highest BCUT2D eigenvalue weighted by Crippen LogP contribution is 2.42. The van der Waals surface area contributed by atoms with Gasteiger partial charge in [-0.2, -0.15) is 0 Å². The Morgan fingerprint density at radius 1 is 1.07 bits per heavy atom. The minimum Gasteiger partial charge on any atom is -0.496 e. The molecule has 0 fully saturated rings. The normalized spacial score (nSPS) is 11.1. The van der Waals surface area contributed by atoms with E-state index in [1.54, 1.807) is 26.0 Å². The molecule has 0 saturated carbocycles. The van der Waals surface area contributed by atoms with E-state index in [0.29, 0.717) is 0 Å². The Balaban J connectivity index is 2.31. The predicted molar refractivity (Wildman–Crippen MR) is 123 cm³/mol. The maximum atomic E-state index is 5.73. The molecule has 29 heavy (non-hydrogen) atoms. The maximum absolute atomic E-state index is 5.73. The quantitative estimate of drug-likeness (QED) is 0.422. The lowest BCUT2D eigenvalue weighted by molar-refractivity contribution is 0.397. The van der Waals surface area contributed by atoms with E-state index in [1.165, 1.54) is 5.82 Å². The monoisotopic (exact) mass is 413 g/mol. The van der Waals surface area contributed by atoms with Gasteiger partial charge in [-0.05, 0) is 55.9 Å². The standard InChI is InChI=1S/C23H31N3O2S/c1-7-11-25(12-8-2)23-22(29-6)24-21-17(10-9-13-26(21)23)20-18(27-4)14-16(3)15-19(20)28-5/h9-10,13-15H,7-8,11-12H2,1-6H3. The highest BCUT2D eigenvalue weighted by atomic mass is 32.2. The van der Waals surface area contributed by atoms with Crippen LogP contribution in [0.15, 0.2) is 35.5 Å². The molecule has 3 aromatic rings. The summed E-state index contributed by atoms with van der Waals surface area (Å²) in [6, 6.07) is 8.25. The highest BCUT2D eigenvalue weighted by Gasteiger charge is 2.22. The Hall–Kier alpha value is -2.34. The minimum atomic E-state index is 0.796. The molecule has 1 aromatic carbocycles. The first-order valence-electron chi connectivity index (χ1n) is 10.1. The third kappa shape index (κ3) is 4.04. The molecule has 0 spiro atoms. The molecule has 3 rings (SSSR count). The van der Waals surface area contributed by atoms with Gasteiger partial charge in [-0.1, -0.05) is 13.8 Å². The summed E-state index contributed by atoms with van der Waals surface area (Å²) in [5.74, 6) is 2.76. The molecule has 0 aliphatic carbocycles. The van der Waals surface area contributed by atoms with Gasteiger partial charge in [0.25, 0.3) is 0 Å². The Morgan fingerprint density at radius 3 is 2.21 bits per heavy atom. The van der Waals surface area contributed by atoms with Crippen LogP contribution in [0.1, 0.15) is 32.3 Å². The first kappa shape index (κ1) is 21.4. The van der Waals surface area contributed by atoms with Crippen LogP contribution in [0.5, 0.6) is 11.5 Å². The number of nitrogens with zero attached hydrogens (tertiary/aromatic N) is 3. The number of hydrogen-bond donors (Lipinski definition) is 0. The maximum Gasteiger partial charge on any atom is 0.147 e. The van der Waals surface area contributed by atoms with Gasteiger partial charge in [0.2, 0.25) is 0 Å². The zero-order valence-electron chi connectivity index (χ0n) is 18.3. The zero-order valence-corrected chi connectivity index (χ0v) is 19.1. The topological polar surface area (TPSA) is 39.0 Å². The van der Waals surface area contributed by atoms with Crippen molar-refractivity contribution >= 4 is 23.2 Å². The largest absolute Gasteiger partial charge is 0.496 e. The van der Waals surface area contributed by atoms with Gasteiger partial charge in [-0.25, -0.2) is 4.98 Å². The van der Waals surface area contributed by atoms with Crippen LogP contribution in [0.25, 0.3) is 16.8 Å². The van der Waals surface area contributed by atoms with Gasteiger partial charge >= 0.3 is 0 Å². The average molecular weight is 414 g/mol. The van der Waals surface area contributed by atoms with Crippen LogP contribution >= 0.6 is 11.8 Å². The van der Waals surface area contributed by atoms with Crippen molar-refractivity contribution in [1.82, 2.24) is 9.38 Å². The van der Waals surface area contributed by atoms with Crippen molar-refractivity contribution in [1.29, 1.82) is 0 Å². The number of aryl methyl sites for hydroxylation is 1. The molecular formula is C23H31N3O2S. The van der Waals surface area contributed by atoms with Crippen LogP contribution in [0.4, 0.5) is 5.82 Å². The number of ether oxygens (including phenoxy) is 2. The fourth-order valence-corrected chi connectivity index (χ4v) is 4.41. The summed E-state index contributed by atoms with van der Waals surface area (Å²) in [6.07, 6.45) is 6.39. The number of methoxy groups -OCH3 is 2. The Bertz CT molecular complexity index is 953. The molecule has 0 amide bonds. The summed E-state index contributed by atoms with van der Waals surface area (Å²) in [4.78, 5) is 7.48. The molecule has 0 aliphatic rings. The molecule has 0 bridgehead atoms. The molecule has 0 aliphatic heterocycles. The highest BCUT2D eigenvalue weighted by molar-refractivity contribution is 7.98. The number of anilines is 1. The molecule has 5 nitrogen and oxygen atoms in total. The fourth-order valence-electron chi connectivity index (χ4n) is 3.83. The summed E-state index contributed by atoms with van der Waals surface area (Å²) in [5.41, 5.74) is 3.97. The molecule has 6 heteroatoms. The van der Waals surface area contributed by atoms with Crippen molar-refractivity contribution in [3.8, 4) is 22.6 Å². The molecule has 0 saturated heterocycles. The van der Waals surface area contributed by atoms with Gasteiger partial charge in [-0.3, -0.25) is 4.40 Å². The molecule has 2 aromatic heterocycles. The summed E-state index contributed by atoms with van der Waals surface area (Å²) in [6.45, 7) is 8.51. The molecule has 0 radical (unpaired) electrons. The van der Waals surface area contributed by atoms with Gasteiger partial charge in [0, 0.05) is 24.8 Å². The van der Waals surface area contributed by atoms with Crippen LogP contribution in [0, 0.1) is 6.92 Å². The lowest BCUT2D eigenvalue weighted by atomic mass is 10.0. The molecule has 0 unspecified atom stereocenters. The fraction of sp³-hybridized carbons (Fsp3) is 0.435. The van der Waals surface area contributed by atoms with E-state index in [9.17, 15) is 0 Å². The van der Waals surface area contributed by atoms with E-state index < -0.39 is 0 Å². The Kier molecular flexibility index (Phi) is 6.96. The summed E-state index contributed by atoms with van der Waals surface area (Å²) in [7, 11) is 3.40. The van der Waals surface area contributed by atoms with Crippen molar-refractivity contribution in [2.24, 2.45) is 0 Å². The number of imidazole rings is 1. The third-order valence-electron chi connectivity index (χ3n) is 4.99. The van der Waals surface area contributed by atoms with E-state index in [-0.39, 0.29) is 0 Å². The second-order valence-corrected chi connectivity index (χ2v) is 7.89. The second kappa shape index (κ2) is 9.44. The first-order valence-corrected chi connectivity index (χ1v) is 11.3. The third-order valence-corrected chi connectivity index (χ3v) is 5.65. The number of benzene rings is 1. The number of pyridine rings is 1. The summed E-state index contributed by atoms with van der Waals surface area (Å²) in [5, 5.41) is 1.05. The molecular weight excluding hydrogens is 382 g/mol. The van der Waals surface area contributed by atoms with Crippen molar-refractivity contribution in [2.45, 2.75) is 38.6 Å². The van der Waals surface area contributed by atoms with Crippen molar-refractivity contribution in [3.05, 3.63) is 36.0 Å². The van der Waals surface area contributed by atoms with Gasteiger partial charge in [0.15, 0.2) is 0 Å². The van der Waals surface area contributed by atoms with Crippen molar-refractivity contribution in [2.75, 3.05) is 38.5 Å². The van der Waals surface area contributed by atoms with E-state index in [1.807, 2.05) is 19.1 Å². The van der Waals surface area contributed by atoms with E-state index in [4.69, 9.17) is 14.5 Å². The lowest BCUT2D eigenvalue weighted by Gasteiger charge is -2.24. The number of hydrogen-bond acceptors (Lipinski definition) is 5. The lowest BCUT2D eigenvalue weighted by Crippen LogP contribution is -2.26. The number of thioether (sulfide) groups is 1. The van der Waals surface area contributed by atoms with E-state index in [0.717, 1.165) is 64.8 Å². The molecule has 0 N–H and O–H groups in total. The molecule has 2 heterocycles. The smallest absolute Gasteiger partial charge is 0.147 e. The average Bonchev–Trinajstić information content (AvgIpc) is 3.11. The first-order chi connectivity index (χ1) is 14.1. The van der Waals surface area contributed by atoms with E-state index in [2.05, 4.69) is 47.7 Å². The number of aromatic nitrogens is 2. The van der Waals surface area contributed by atoms with Gasteiger partial charge in [-0.15, -0.1) is 11.8 Å². The van der Waals surface area contributed by atoms with Crippen LogP contribution in [-0.2, 0) is 0 Å². The Labute approximate surface area is 178 Å². The van der Waals surface area contributed by atoms with Crippen molar-refractivity contribution < 1.29 is 9.47 Å². The SMILES string of the molecule is CCCN(CCC)c1c(SC)nc2c(-c3c(OC)cc(C)cc3OC)cccn12. The molecule has 156 valence electrons. The van der Waals surface area contributed by atoms with Crippen LogP contribution in [0.2, 0.25) is 0 Å². The van der Waals surface area contributed by atoms with Crippen LogP contribution in [-0.4, -0.2) is 42.9 Å². The predicted octanol–water partition coefficient (Wildman–Crippen LogP) is 5.68. The van der Waals surface area contributed by atoms with E-state index >= 15 is 0 Å². The van der Waals surface area contributed by atoms with Gasteiger partial charge < -0.3 is 14.4 Å². The van der Waals surface area contributed by atoms with Crippen LogP contribution < -0.4 is 14.4 Å². The van der Waals surface area contributed by atoms with Gasteiger partial charge in [0.05, 0.1) is 19.8 Å². The van der Waals surface area contributed by atoms with Gasteiger partial charge in [0.1, 0.15) is 28.0 Å². The summed E-state index contributed by atoms with van der Waals surface area (Å²) >= 11 is 1.69. The van der Waals surface area contributed by atoms with Crippen molar-refractivity contribution in [3.63, 3.8) is 0 Å².